The fraction of sp³-hybridized carbons (Fsp3) is 0.588. The molecule has 0 saturated carbocycles. The van der Waals surface area contributed by atoms with E-state index in [0.717, 1.165) is 39.0 Å². The number of rotatable bonds is 6. The van der Waals surface area contributed by atoms with Gasteiger partial charge in [-0.2, -0.15) is 5.10 Å². The lowest BCUT2D eigenvalue weighted by Crippen LogP contribution is -2.35. The highest BCUT2D eigenvalue weighted by atomic mass is 16.5. The highest BCUT2D eigenvalue weighted by Gasteiger charge is 2.22. The van der Waals surface area contributed by atoms with E-state index in [1.807, 2.05) is 10.9 Å². The van der Waals surface area contributed by atoms with Crippen LogP contribution in [-0.2, 0) is 11.3 Å². The molecule has 24 heavy (non-hydrogen) atoms. The molecule has 0 aromatic carbocycles. The van der Waals surface area contributed by atoms with Crippen LogP contribution in [0.15, 0.2) is 23.0 Å². The summed E-state index contributed by atoms with van der Waals surface area (Å²) < 4.78 is 6.93. The van der Waals surface area contributed by atoms with Crippen LogP contribution in [0.2, 0.25) is 0 Å². The average molecular weight is 331 g/mol. The summed E-state index contributed by atoms with van der Waals surface area (Å²) in [4.78, 5) is 14.3. The summed E-state index contributed by atoms with van der Waals surface area (Å²) in [5.74, 6) is 1.76. The number of hydrogen-bond acceptors (Lipinski definition) is 5. The predicted molar refractivity (Wildman–Crippen MR) is 90.8 cm³/mol. The minimum atomic E-state index is -0.0188. The Hall–Kier alpha value is -2.15. The number of nitrogens with zero attached hydrogens (tertiary/aromatic N) is 4. The molecule has 130 valence electrons. The molecule has 1 fully saturated rings. The number of likely N-dealkylation sites (tertiary alicyclic amines) is 1. The lowest BCUT2D eigenvalue weighted by Gasteiger charge is -2.31. The Morgan fingerprint density at radius 3 is 2.83 bits per heavy atom. The molecule has 3 rings (SSSR count). The summed E-state index contributed by atoms with van der Waals surface area (Å²) in [7, 11) is 0. The van der Waals surface area contributed by atoms with Crippen molar-refractivity contribution in [1.82, 2.24) is 19.8 Å². The van der Waals surface area contributed by atoms with E-state index in [9.17, 15) is 4.79 Å². The zero-order valence-electron chi connectivity index (χ0n) is 14.4. The maximum atomic E-state index is 12.0. The number of carbonyl (C=O) groups is 1. The standard InChI is InChI=1S/C17H25N5O2/c1-3-22-12-15(11-18-22)14-4-7-21(8-5-14)9-6-17(23)19-16-10-13(2)24-20-16/h10-12,14H,3-9H2,1-2H3,(H,19,20,23). The number of hydrogen-bond donors (Lipinski definition) is 1. The number of amides is 1. The van der Waals surface area contributed by atoms with Gasteiger partial charge in [0.05, 0.1) is 6.20 Å². The van der Waals surface area contributed by atoms with Gasteiger partial charge in [-0.25, -0.2) is 0 Å². The molecule has 2 aromatic rings. The van der Waals surface area contributed by atoms with Gasteiger partial charge in [0.15, 0.2) is 5.82 Å². The minimum Gasteiger partial charge on any atom is -0.360 e. The monoisotopic (exact) mass is 331 g/mol. The van der Waals surface area contributed by atoms with E-state index in [1.54, 1.807) is 13.0 Å². The van der Waals surface area contributed by atoms with E-state index in [-0.39, 0.29) is 5.91 Å². The van der Waals surface area contributed by atoms with Crippen molar-refractivity contribution in [1.29, 1.82) is 0 Å². The van der Waals surface area contributed by atoms with Crippen LogP contribution in [0.3, 0.4) is 0 Å². The predicted octanol–water partition coefficient (Wildman–Crippen LogP) is 2.41. The maximum Gasteiger partial charge on any atom is 0.226 e. The largest absolute Gasteiger partial charge is 0.360 e. The molecule has 1 saturated heterocycles. The zero-order chi connectivity index (χ0) is 16.9. The van der Waals surface area contributed by atoms with Crippen LogP contribution >= 0.6 is 0 Å². The Labute approximate surface area is 142 Å². The zero-order valence-corrected chi connectivity index (χ0v) is 14.4. The van der Waals surface area contributed by atoms with Gasteiger partial charge in [-0.15, -0.1) is 0 Å². The van der Waals surface area contributed by atoms with Crippen molar-refractivity contribution in [2.24, 2.45) is 0 Å². The van der Waals surface area contributed by atoms with E-state index in [4.69, 9.17) is 4.52 Å². The summed E-state index contributed by atoms with van der Waals surface area (Å²) in [6.45, 7) is 7.65. The lowest BCUT2D eigenvalue weighted by atomic mass is 9.91. The number of carbonyl (C=O) groups excluding carboxylic acids is 1. The summed E-state index contributed by atoms with van der Waals surface area (Å²) in [5, 5.41) is 10.9. The highest BCUT2D eigenvalue weighted by molar-refractivity contribution is 5.89. The van der Waals surface area contributed by atoms with Crippen LogP contribution in [0, 0.1) is 6.92 Å². The quantitative estimate of drug-likeness (QED) is 0.879. The van der Waals surface area contributed by atoms with Crippen molar-refractivity contribution >= 4 is 11.7 Å². The van der Waals surface area contributed by atoms with Crippen molar-refractivity contribution in [3.05, 3.63) is 29.8 Å². The first-order chi connectivity index (χ1) is 11.6. The van der Waals surface area contributed by atoms with Gasteiger partial charge >= 0.3 is 0 Å². The molecule has 0 atom stereocenters. The van der Waals surface area contributed by atoms with E-state index in [1.165, 1.54) is 5.56 Å². The SMILES string of the molecule is CCn1cc(C2CCN(CCC(=O)Nc3cc(C)on3)CC2)cn1. The molecule has 7 heteroatoms. The van der Waals surface area contributed by atoms with Gasteiger partial charge in [0.25, 0.3) is 0 Å². The van der Waals surface area contributed by atoms with Gasteiger partial charge in [0.2, 0.25) is 5.91 Å². The van der Waals surface area contributed by atoms with E-state index in [2.05, 4.69) is 33.6 Å². The maximum absolute atomic E-state index is 12.0. The van der Waals surface area contributed by atoms with Gasteiger partial charge in [0.1, 0.15) is 5.76 Å². The molecule has 2 aromatic heterocycles. The van der Waals surface area contributed by atoms with Crippen LogP contribution in [0.1, 0.15) is 43.4 Å². The molecule has 7 nitrogen and oxygen atoms in total. The summed E-state index contributed by atoms with van der Waals surface area (Å²) >= 11 is 0. The topological polar surface area (TPSA) is 76.2 Å². The summed E-state index contributed by atoms with van der Waals surface area (Å²) in [5.41, 5.74) is 1.34. The van der Waals surface area contributed by atoms with Gasteiger partial charge in [-0.3, -0.25) is 9.48 Å². The normalized spacial score (nSPS) is 16.4. The molecule has 1 aliphatic heterocycles. The second kappa shape index (κ2) is 7.61. The number of nitrogens with one attached hydrogen (secondary N) is 1. The van der Waals surface area contributed by atoms with E-state index < -0.39 is 0 Å². The highest BCUT2D eigenvalue weighted by Crippen LogP contribution is 2.27. The Morgan fingerprint density at radius 2 is 2.21 bits per heavy atom. The number of piperidine rings is 1. The molecule has 3 heterocycles. The van der Waals surface area contributed by atoms with Gasteiger partial charge in [0, 0.05) is 31.8 Å². The Bertz CT molecular complexity index is 670. The molecule has 1 N–H and O–H groups in total. The number of aryl methyl sites for hydroxylation is 2. The Morgan fingerprint density at radius 1 is 1.42 bits per heavy atom. The van der Waals surface area contributed by atoms with E-state index in [0.29, 0.717) is 23.9 Å². The Kier molecular flexibility index (Phi) is 5.30. The van der Waals surface area contributed by atoms with Crippen molar-refractivity contribution in [3.63, 3.8) is 0 Å². The average Bonchev–Trinajstić information content (AvgIpc) is 3.22. The second-order valence-electron chi connectivity index (χ2n) is 6.37. The second-order valence-corrected chi connectivity index (χ2v) is 6.37. The summed E-state index contributed by atoms with van der Waals surface area (Å²) in [6.07, 6.45) is 6.88. The van der Waals surface area contributed by atoms with Crippen molar-refractivity contribution in [3.8, 4) is 0 Å². The van der Waals surface area contributed by atoms with Crippen LogP contribution in [0.4, 0.5) is 5.82 Å². The molecule has 0 aliphatic carbocycles. The molecule has 0 radical (unpaired) electrons. The third-order valence-corrected chi connectivity index (χ3v) is 4.59. The van der Waals surface area contributed by atoms with E-state index >= 15 is 0 Å². The number of aromatic nitrogens is 3. The number of anilines is 1. The van der Waals surface area contributed by atoms with Crippen LogP contribution in [0.25, 0.3) is 0 Å². The lowest BCUT2D eigenvalue weighted by molar-refractivity contribution is -0.116. The minimum absolute atomic E-state index is 0.0188. The first-order valence-corrected chi connectivity index (χ1v) is 8.62. The van der Waals surface area contributed by atoms with Crippen molar-refractivity contribution in [2.75, 3.05) is 25.0 Å². The van der Waals surface area contributed by atoms with Crippen molar-refractivity contribution < 1.29 is 9.32 Å². The van der Waals surface area contributed by atoms with Crippen LogP contribution < -0.4 is 5.32 Å². The smallest absolute Gasteiger partial charge is 0.226 e. The third kappa shape index (κ3) is 4.23. The van der Waals surface area contributed by atoms with Crippen LogP contribution in [-0.4, -0.2) is 45.4 Å². The molecular formula is C17H25N5O2. The molecule has 0 unspecified atom stereocenters. The van der Waals surface area contributed by atoms with Gasteiger partial charge < -0.3 is 14.7 Å². The molecule has 0 spiro atoms. The molecule has 1 amide bonds. The fourth-order valence-corrected chi connectivity index (χ4v) is 3.14. The Balaban J connectivity index is 1.39. The molecular weight excluding hydrogens is 306 g/mol. The molecule has 0 bridgehead atoms. The first-order valence-electron chi connectivity index (χ1n) is 8.62. The molecule has 1 aliphatic rings. The van der Waals surface area contributed by atoms with Gasteiger partial charge in [-0.05, 0) is 51.3 Å². The fourth-order valence-electron chi connectivity index (χ4n) is 3.14. The summed E-state index contributed by atoms with van der Waals surface area (Å²) in [6, 6.07) is 1.72. The van der Waals surface area contributed by atoms with Crippen LogP contribution in [0.5, 0.6) is 0 Å². The third-order valence-electron chi connectivity index (χ3n) is 4.59. The van der Waals surface area contributed by atoms with Crippen molar-refractivity contribution in [2.45, 2.75) is 45.6 Å². The van der Waals surface area contributed by atoms with Gasteiger partial charge in [-0.1, -0.05) is 5.16 Å². The first kappa shape index (κ1) is 16.7.